The Labute approximate surface area is 213 Å². The molecular weight excluding hydrogens is 481 g/mol. The minimum absolute atomic E-state index is 0.125. The monoisotopic (exact) mass is 510 g/mol. The number of halogens is 3. The van der Waals surface area contributed by atoms with Crippen LogP contribution in [0.15, 0.2) is 60.8 Å². The third-order valence-corrected chi connectivity index (χ3v) is 7.32. The molecule has 2 aromatic carbocycles. The molecule has 37 heavy (non-hydrogen) atoms. The summed E-state index contributed by atoms with van der Waals surface area (Å²) in [5, 5.41) is 2.97. The lowest BCUT2D eigenvalue weighted by molar-refractivity contribution is -0.137. The predicted octanol–water partition coefficient (Wildman–Crippen LogP) is 4.94. The number of pyridine rings is 1. The molecule has 2 fully saturated rings. The van der Waals surface area contributed by atoms with Crippen LogP contribution in [-0.2, 0) is 17.5 Å². The van der Waals surface area contributed by atoms with Gasteiger partial charge >= 0.3 is 6.18 Å². The number of ether oxygens (including phenoxy) is 1. The summed E-state index contributed by atoms with van der Waals surface area (Å²) < 4.78 is 45.1. The van der Waals surface area contributed by atoms with Gasteiger partial charge in [-0.15, -0.1) is 0 Å². The second-order valence-electron chi connectivity index (χ2n) is 9.95. The van der Waals surface area contributed by atoms with E-state index < -0.39 is 11.7 Å². The summed E-state index contributed by atoms with van der Waals surface area (Å²) in [6.07, 6.45) is -1.71. The molecule has 0 radical (unpaired) electrons. The molecule has 1 spiro atoms. The molecule has 0 unspecified atom stereocenters. The number of rotatable bonds is 6. The van der Waals surface area contributed by atoms with Crippen LogP contribution in [0.2, 0.25) is 0 Å². The highest BCUT2D eigenvalue weighted by molar-refractivity contribution is 5.93. The Kier molecular flexibility index (Phi) is 6.68. The van der Waals surface area contributed by atoms with Crippen molar-refractivity contribution in [3.63, 3.8) is 0 Å². The molecule has 5 rings (SSSR count). The zero-order chi connectivity index (χ0) is 26.2. The molecule has 1 atom stereocenters. The third kappa shape index (κ3) is 5.19. The van der Waals surface area contributed by atoms with E-state index in [2.05, 4.69) is 15.2 Å². The molecule has 194 valence electrons. The average Bonchev–Trinajstić information content (AvgIpc) is 3.35. The SMILES string of the molecule is C[C@@H](NC(=O)c1cc(N2CCC3(COC3)C2)ccn1)c1ccc(-c2cc(C(F)(F)F)ccc2CN)cc1. The molecule has 2 saturated heterocycles. The molecule has 2 aliphatic heterocycles. The van der Waals surface area contributed by atoms with Crippen molar-refractivity contribution in [2.75, 3.05) is 31.2 Å². The fourth-order valence-electron chi connectivity index (χ4n) is 5.03. The number of benzene rings is 2. The van der Waals surface area contributed by atoms with Crippen LogP contribution >= 0.6 is 0 Å². The summed E-state index contributed by atoms with van der Waals surface area (Å²) in [7, 11) is 0. The van der Waals surface area contributed by atoms with Gasteiger partial charge in [-0.3, -0.25) is 9.78 Å². The number of alkyl halides is 3. The molecule has 3 N–H and O–H groups in total. The molecule has 6 nitrogen and oxygen atoms in total. The van der Waals surface area contributed by atoms with Gasteiger partial charge in [0.2, 0.25) is 0 Å². The molecule has 0 aliphatic carbocycles. The fourth-order valence-corrected chi connectivity index (χ4v) is 5.03. The van der Waals surface area contributed by atoms with E-state index >= 15 is 0 Å². The van der Waals surface area contributed by atoms with Crippen molar-refractivity contribution in [3.05, 3.63) is 83.2 Å². The van der Waals surface area contributed by atoms with Gasteiger partial charge in [-0.25, -0.2) is 0 Å². The maximum Gasteiger partial charge on any atom is 0.416 e. The van der Waals surface area contributed by atoms with Crippen molar-refractivity contribution in [1.82, 2.24) is 10.3 Å². The average molecular weight is 511 g/mol. The maximum absolute atomic E-state index is 13.2. The van der Waals surface area contributed by atoms with Gasteiger partial charge in [0.1, 0.15) is 5.69 Å². The minimum Gasteiger partial charge on any atom is -0.380 e. The van der Waals surface area contributed by atoms with Crippen molar-refractivity contribution < 1.29 is 22.7 Å². The predicted molar refractivity (Wildman–Crippen MR) is 135 cm³/mol. The molecular formula is C28H29F3N4O2. The molecule has 3 heterocycles. The smallest absolute Gasteiger partial charge is 0.380 e. The number of aromatic nitrogens is 1. The van der Waals surface area contributed by atoms with Crippen molar-refractivity contribution in [3.8, 4) is 11.1 Å². The van der Waals surface area contributed by atoms with E-state index in [1.165, 1.54) is 6.07 Å². The first kappa shape index (κ1) is 25.2. The summed E-state index contributed by atoms with van der Waals surface area (Å²) in [5.41, 5.74) is 9.11. The van der Waals surface area contributed by atoms with E-state index in [0.717, 1.165) is 56.1 Å². The van der Waals surface area contributed by atoms with Crippen molar-refractivity contribution in [1.29, 1.82) is 0 Å². The Balaban J connectivity index is 1.28. The first-order valence-corrected chi connectivity index (χ1v) is 12.3. The number of nitrogens with zero attached hydrogens (tertiary/aromatic N) is 2. The fraction of sp³-hybridized carbons (Fsp3) is 0.357. The van der Waals surface area contributed by atoms with Gasteiger partial charge in [-0.1, -0.05) is 30.3 Å². The van der Waals surface area contributed by atoms with Crippen LogP contribution in [0.25, 0.3) is 11.1 Å². The highest BCUT2D eigenvalue weighted by Crippen LogP contribution is 2.39. The number of carbonyl (C=O) groups is 1. The quantitative estimate of drug-likeness (QED) is 0.491. The van der Waals surface area contributed by atoms with Crippen LogP contribution in [0, 0.1) is 5.41 Å². The summed E-state index contributed by atoms with van der Waals surface area (Å²) in [4.78, 5) is 19.5. The Morgan fingerprint density at radius 1 is 1.16 bits per heavy atom. The molecule has 1 amide bonds. The topological polar surface area (TPSA) is 80.5 Å². The molecule has 0 bridgehead atoms. The van der Waals surface area contributed by atoms with Crippen LogP contribution in [0.4, 0.5) is 18.9 Å². The largest absolute Gasteiger partial charge is 0.416 e. The molecule has 0 saturated carbocycles. The number of hydrogen-bond donors (Lipinski definition) is 2. The van der Waals surface area contributed by atoms with E-state index in [9.17, 15) is 18.0 Å². The van der Waals surface area contributed by atoms with Gasteiger partial charge < -0.3 is 20.7 Å². The summed E-state index contributed by atoms with van der Waals surface area (Å²) >= 11 is 0. The second-order valence-corrected chi connectivity index (χ2v) is 9.95. The zero-order valence-electron chi connectivity index (χ0n) is 20.5. The van der Waals surface area contributed by atoms with E-state index in [1.54, 1.807) is 30.5 Å². The van der Waals surface area contributed by atoms with E-state index in [1.807, 2.05) is 19.1 Å². The van der Waals surface area contributed by atoms with Crippen LogP contribution < -0.4 is 16.0 Å². The Morgan fingerprint density at radius 3 is 2.54 bits per heavy atom. The van der Waals surface area contributed by atoms with Gasteiger partial charge in [0, 0.05) is 36.9 Å². The highest BCUT2D eigenvalue weighted by Gasteiger charge is 2.44. The van der Waals surface area contributed by atoms with Crippen LogP contribution in [0.1, 0.15) is 46.6 Å². The molecule has 2 aliphatic rings. The number of hydrogen-bond acceptors (Lipinski definition) is 5. The number of anilines is 1. The molecule has 1 aromatic heterocycles. The van der Waals surface area contributed by atoms with Gasteiger partial charge in [0.25, 0.3) is 5.91 Å². The van der Waals surface area contributed by atoms with Gasteiger partial charge in [-0.2, -0.15) is 13.2 Å². The van der Waals surface area contributed by atoms with Crippen LogP contribution in [0.3, 0.4) is 0 Å². The van der Waals surface area contributed by atoms with Crippen molar-refractivity contribution in [2.45, 2.75) is 32.1 Å². The zero-order valence-corrected chi connectivity index (χ0v) is 20.5. The Bertz CT molecular complexity index is 1290. The normalized spacial score (nSPS) is 17.5. The first-order chi connectivity index (χ1) is 17.7. The lowest BCUT2D eigenvalue weighted by atomic mass is 9.85. The first-order valence-electron chi connectivity index (χ1n) is 12.3. The number of carbonyl (C=O) groups excluding carboxylic acids is 1. The standard InChI is InChI=1S/C28H29F3N4O2/c1-18(19-2-4-20(5-3-19)24-12-22(28(29,30)31)7-6-21(24)14-32)34-26(36)25-13-23(8-10-33-25)35-11-9-27(15-35)16-37-17-27/h2-8,10,12-13,18H,9,11,14-17,32H2,1H3,(H,34,36)/t18-/m1/s1. The third-order valence-electron chi connectivity index (χ3n) is 7.32. The minimum atomic E-state index is -4.44. The Hall–Kier alpha value is -3.43. The van der Waals surface area contributed by atoms with Crippen molar-refractivity contribution >= 4 is 11.6 Å². The van der Waals surface area contributed by atoms with E-state index in [0.29, 0.717) is 22.4 Å². The highest BCUT2D eigenvalue weighted by atomic mass is 19.4. The van der Waals surface area contributed by atoms with Crippen LogP contribution in [0.5, 0.6) is 0 Å². The van der Waals surface area contributed by atoms with E-state index in [-0.39, 0.29) is 23.9 Å². The lowest BCUT2D eigenvalue weighted by Crippen LogP contribution is -2.44. The van der Waals surface area contributed by atoms with Gasteiger partial charge in [-0.05, 0) is 59.9 Å². The number of amides is 1. The number of nitrogens with two attached hydrogens (primary N) is 1. The van der Waals surface area contributed by atoms with Crippen molar-refractivity contribution in [2.24, 2.45) is 11.1 Å². The van der Waals surface area contributed by atoms with Crippen LogP contribution in [-0.4, -0.2) is 37.2 Å². The molecule has 3 aromatic rings. The van der Waals surface area contributed by atoms with Gasteiger partial charge in [0.15, 0.2) is 0 Å². The molecule has 9 heteroatoms. The summed E-state index contributed by atoms with van der Waals surface area (Å²) in [5.74, 6) is -0.289. The summed E-state index contributed by atoms with van der Waals surface area (Å²) in [6.45, 7) is 5.40. The summed E-state index contributed by atoms with van der Waals surface area (Å²) in [6, 6.07) is 14.1. The lowest BCUT2D eigenvalue weighted by Gasteiger charge is -2.37. The Morgan fingerprint density at radius 2 is 1.92 bits per heavy atom. The number of nitrogens with one attached hydrogen (secondary N) is 1. The maximum atomic E-state index is 13.2. The second kappa shape index (κ2) is 9.79. The van der Waals surface area contributed by atoms with Gasteiger partial charge in [0.05, 0.1) is 24.8 Å². The van der Waals surface area contributed by atoms with E-state index in [4.69, 9.17) is 10.5 Å².